The van der Waals surface area contributed by atoms with E-state index in [1.165, 1.54) is 0 Å². The van der Waals surface area contributed by atoms with Gasteiger partial charge in [0.2, 0.25) is 5.91 Å². The molecule has 0 spiro atoms. The molecule has 1 heterocycles. The van der Waals surface area contributed by atoms with Crippen molar-refractivity contribution in [3.8, 4) is 5.75 Å². The van der Waals surface area contributed by atoms with Crippen LogP contribution in [0.3, 0.4) is 0 Å². The fourth-order valence-electron chi connectivity index (χ4n) is 2.62. The maximum Gasteiger partial charge on any atom is 0.220 e. The molecule has 1 aromatic carbocycles. The van der Waals surface area contributed by atoms with Gasteiger partial charge < -0.3 is 15.4 Å². The van der Waals surface area contributed by atoms with Gasteiger partial charge in [-0.2, -0.15) is 0 Å². The Morgan fingerprint density at radius 2 is 2.04 bits per heavy atom. The second-order valence-corrected chi connectivity index (χ2v) is 7.13. The molecule has 1 saturated heterocycles. The lowest BCUT2D eigenvalue weighted by atomic mass is 9.81. The summed E-state index contributed by atoms with van der Waals surface area (Å²) in [6.07, 6.45) is 3.30. The molecule has 2 rings (SSSR count). The first-order valence-electron chi connectivity index (χ1n) is 8.04. The average molecular weight is 396 g/mol. The van der Waals surface area contributed by atoms with E-state index in [1.807, 2.05) is 0 Å². The average Bonchev–Trinajstić information content (AvgIpc) is 2.54. The number of hydrogen-bond acceptors (Lipinski definition) is 3. The normalized spacial score (nSPS) is 16.1. The molecule has 0 atom stereocenters. The van der Waals surface area contributed by atoms with Crippen LogP contribution in [0.5, 0.6) is 5.75 Å². The molecule has 1 aliphatic rings. The van der Waals surface area contributed by atoms with Crippen LogP contribution in [-0.4, -0.2) is 32.1 Å². The minimum Gasteiger partial charge on any atom is -0.492 e. The van der Waals surface area contributed by atoms with Crippen molar-refractivity contribution < 1.29 is 9.53 Å². The van der Waals surface area contributed by atoms with Crippen molar-refractivity contribution in [3.63, 3.8) is 0 Å². The van der Waals surface area contributed by atoms with E-state index in [0.29, 0.717) is 35.2 Å². The highest BCUT2D eigenvalue weighted by atomic mass is 35.5. The van der Waals surface area contributed by atoms with Crippen LogP contribution in [0, 0.1) is 5.41 Å². The largest absolute Gasteiger partial charge is 0.492 e. The topological polar surface area (TPSA) is 50.4 Å². The minimum absolute atomic E-state index is 0. The van der Waals surface area contributed by atoms with Crippen LogP contribution in [0.1, 0.15) is 32.6 Å². The van der Waals surface area contributed by atoms with Crippen LogP contribution in [-0.2, 0) is 4.79 Å². The molecule has 0 aromatic heterocycles. The lowest BCUT2D eigenvalue weighted by Gasteiger charge is -2.34. The second kappa shape index (κ2) is 10.3. The number of rotatable bonds is 7. The summed E-state index contributed by atoms with van der Waals surface area (Å²) in [5.74, 6) is 0.632. The predicted octanol–water partition coefficient (Wildman–Crippen LogP) is 4.08. The second-order valence-electron chi connectivity index (χ2n) is 6.34. The van der Waals surface area contributed by atoms with E-state index in [9.17, 15) is 4.79 Å². The van der Waals surface area contributed by atoms with Crippen molar-refractivity contribution in [2.45, 2.75) is 32.6 Å². The van der Waals surface area contributed by atoms with E-state index in [2.05, 4.69) is 17.6 Å². The maximum absolute atomic E-state index is 11.9. The molecule has 0 aliphatic carbocycles. The van der Waals surface area contributed by atoms with Gasteiger partial charge in [-0.1, -0.05) is 36.2 Å². The van der Waals surface area contributed by atoms with Crippen LogP contribution in [0.15, 0.2) is 18.2 Å². The Balaban J connectivity index is 0.00000288. The van der Waals surface area contributed by atoms with Crippen LogP contribution in [0.4, 0.5) is 0 Å². The van der Waals surface area contributed by atoms with Crippen molar-refractivity contribution in [1.29, 1.82) is 0 Å². The van der Waals surface area contributed by atoms with Crippen molar-refractivity contribution in [1.82, 2.24) is 10.6 Å². The van der Waals surface area contributed by atoms with Gasteiger partial charge in [-0.15, -0.1) is 12.4 Å². The fourth-order valence-corrected chi connectivity index (χ4v) is 2.96. The zero-order valence-electron chi connectivity index (χ0n) is 13.9. The zero-order valence-corrected chi connectivity index (χ0v) is 16.2. The third-order valence-electron chi connectivity index (χ3n) is 4.24. The summed E-state index contributed by atoms with van der Waals surface area (Å²) < 4.78 is 5.58. The molecule has 1 aliphatic heterocycles. The number of ether oxygens (including phenoxy) is 1. The Kier molecular flexibility index (Phi) is 9.21. The monoisotopic (exact) mass is 394 g/mol. The first-order valence-corrected chi connectivity index (χ1v) is 8.80. The summed E-state index contributed by atoms with van der Waals surface area (Å²) in [4.78, 5) is 11.9. The Morgan fingerprint density at radius 1 is 1.33 bits per heavy atom. The van der Waals surface area contributed by atoms with Gasteiger partial charge in [0.05, 0.1) is 11.6 Å². The van der Waals surface area contributed by atoms with Gasteiger partial charge in [0, 0.05) is 13.0 Å². The lowest BCUT2D eigenvalue weighted by Crippen LogP contribution is -2.42. The third-order valence-corrected chi connectivity index (χ3v) is 5.05. The molecule has 2 N–H and O–H groups in total. The van der Waals surface area contributed by atoms with E-state index in [-0.39, 0.29) is 23.7 Å². The molecular formula is C17H25Cl3N2O2. The Hall–Kier alpha value is -0.680. The number of halogens is 3. The molecule has 24 heavy (non-hydrogen) atoms. The highest BCUT2D eigenvalue weighted by Crippen LogP contribution is 2.31. The third kappa shape index (κ3) is 6.67. The van der Waals surface area contributed by atoms with E-state index < -0.39 is 0 Å². The molecule has 1 fully saturated rings. The van der Waals surface area contributed by atoms with E-state index in [4.69, 9.17) is 27.9 Å². The quantitative estimate of drug-likeness (QED) is 0.684. The van der Waals surface area contributed by atoms with Crippen molar-refractivity contribution >= 4 is 41.5 Å². The Bertz CT molecular complexity index is 535. The molecule has 4 nitrogen and oxygen atoms in total. The summed E-state index contributed by atoms with van der Waals surface area (Å²) in [5.41, 5.74) is 0.214. The molecule has 136 valence electrons. The first kappa shape index (κ1) is 21.4. The summed E-state index contributed by atoms with van der Waals surface area (Å²) in [5, 5.41) is 7.27. The summed E-state index contributed by atoms with van der Waals surface area (Å²) in [6, 6.07) is 5.27. The van der Waals surface area contributed by atoms with E-state index in [0.717, 1.165) is 32.5 Å². The van der Waals surface area contributed by atoms with Gasteiger partial charge in [0.1, 0.15) is 10.8 Å². The van der Waals surface area contributed by atoms with Gasteiger partial charge in [0.15, 0.2) is 0 Å². The number of hydrogen-bond donors (Lipinski definition) is 2. The van der Waals surface area contributed by atoms with Crippen LogP contribution >= 0.6 is 35.6 Å². The number of carbonyl (C=O) groups excluding carboxylic acids is 1. The number of benzene rings is 1. The zero-order chi connectivity index (χ0) is 16.7. The van der Waals surface area contributed by atoms with Crippen LogP contribution in [0.25, 0.3) is 0 Å². The van der Waals surface area contributed by atoms with Crippen molar-refractivity contribution in [2.75, 3.05) is 26.2 Å². The molecule has 0 saturated carbocycles. The predicted molar refractivity (Wildman–Crippen MR) is 102 cm³/mol. The standard InChI is InChI=1S/C17H24Cl2N2O2.ClH/c1-17(7-9-20-10-8-17)12-21-15(22)6-3-11-23-14-5-2-4-13(18)16(14)19;/h2,4-5,20H,3,6-12H2,1H3,(H,21,22);1H. The molecule has 1 amide bonds. The Labute approximate surface area is 160 Å². The SMILES string of the molecule is CC1(CNC(=O)CCCOc2cccc(Cl)c2Cl)CCNCC1.Cl. The maximum atomic E-state index is 11.9. The van der Waals surface area contributed by atoms with Crippen molar-refractivity contribution in [3.05, 3.63) is 28.2 Å². The molecule has 0 unspecified atom stereocenters. The first-order chi connectivity index (χ1) is 11.0. The molecule has 0 bridgehead atoms. The highest BCUT2D eigenvalue weighted by molar-refractivity contribution is 6.42. The van der Waals surface area contributed by atoms with Crippen LogP contribution < -0.4 is 15.4 Å². The Morgan fingerprint density at radius 3 is 2.75 bits per heavy atom. The van der Waals surface area contributed by atoms with Gasteiger partial charge in [0.25, 0.3) is 0 Å². The lowest BCUT2D eigenvalue weighted by molar-refractivity contribution is -0.121. The van der Waals surface area contributed by atoms with E-state index >= 15 is 0 Å². The van der Waals surface area contributed by atoms with E-state index in [1.54, 1.807) is 18.2 Å². The number of carbonyl (C=O) groups is 1. The van der Waals surface area contributed by atoms with Gasteiger partial charge >= 0.3 is 0 Å². The number of nitrogens with one attached hydrogen (secondary N) is 2. The molecule has 1 aromatic rings. The fraction of sp³-hybridized carbons (Fsp3) is 0.588. The summed E-state index contributed by atoms with van der Waals surface area (Å²) in [7, 11) is 0. The molecule has 7 heteroatoms. The molecular weight excluding hydrogens is 371 g/mol. The summed E-state index contributed by atoms with van der Waals surface area (Å²) >= 11 is 12.0. The van der Waals surface area contributed by atoms with Gasteiger partial charge in [-0.05, 0) is 49.9 Å². The van der Waals surface area contributed by atoms with Crippen molar-refractivity contribution in [2.24, 2.45) is 5.41 Å². The smallest absolute Gasteiger partial charge is 0.220 e. The van der Waals surface area contributed by atoms with Gasteiger partial charge in [-0.25, -0.2) is 0 Å². The summed E-state index contributed by atoms with van der Waals surface area (Å²) in [6.45, 7) is 5.47. The van der Waals surface area contributed by atoms with Crippen LogP contribution in [0.2, 0.25) is 10.0 Å². The minimum atomic E-state index is 0. The number of amides is 1. The number of piperidine rings is 1. The highest BCUT2D eigenvalue weighted by Gasteiger charge is 2.26. The van der Waals surface area contributed by atoms with Gasteiger partial charge in [-0.3, -0.25) is 4.79 Å². The molecule has 0 radical (unpaired) electrons.